The van der Waals surface area contributed by atoms with Gasteiger partial charge in [-0.15, -0.1) is 0 Å². The maximum Gasteiger partial charge on any atom is 0.241 e. The summed E-state index contributed by atoms with van der Waals surface area (Å²) in [5, 5.41) is 9.21. The van der Waals surface area contributed by atoms with Crippen molar-refractivity contribution in [2.75, 3.05) is 31.0 Å². The minimum Gasteiger partial charge on any atom is -0.373 e. The lowest BCUT2D eigenvalue weighted by Gasteiger charge is -2.14. The zero-order valence-electron chi connectivity index (χ0n) is 10.4. The van der Waals surface area contributed by atoms with Crippen molar-refractivity contribution in [2.45, 2.75) is 18.1 Å². The third kappa shape index (κ3) is 3.77. The molecule has 0 spiro atoms. The zero-order chi connectivity index (χ0) is 12.8. The SMILES string of the molecule is CNC(=O)C(C)Nc1cc(NC)nc(SC)n1. The molecule has 0 bridgehead atoms. The van der Waals surface area contributed by atoms with E-state index in [2.05, 4.69) is 25.9 Å². The number of nitrogens with one attached hydrogen (secondary N) is 3. The summed E-state index contributed by atoms with van der Waals surface area (Å²) in [7, 11) is 3.39. The quantitative estimate of drug-likeness (QED) is 0.533. The number of carbonyl (C=O) groups is 1. The third-order valence-electron chi connectivity index (χ3n) is 2.15. The highest BCUT2D eigenvalue weighted by Crippen LogP contribution is 2.17. The van der Waals surface area contributed by atoms with Crippen LogP contribution in [-0.4, -0.2) is 42.3 Å². The molecule has 0 aliphatic carbocycles. The van der Waals surface area contributed by atoms with Gasteiger partial charge in [0, 0.05) is 20.2 Å². The van der Waals surface area contributed by atoms with Crippen LogP contribution in [0.4, 0.5) is 11.6 Å². The Kier molecular flexibility index (Phi) is 5.02. The second kappa shape index (κ2) is 6.29. The molecule has 0 radical (unpaired) electrons. The summed E-state index contributed by atoms with van der Waals surface area (Å²) in [6, 6.07) is 1.42. The molecule has 1 aromatic rings. The molecule has 6 nitrogen and oxygen atoms in total. The maximum atomic E-state index is 11.4. The normalized spacial score (nSPS) is 11.8. The summed E-state index contributed by atoms with van der Waals surface area (Å²) in [6.07, 6.45) is 1.90. The van der Waals surface area contributed by atoms with E-state index in [0.717, 1.165) is 5.82 Å². The second-order valence-corrected chi connectivity index (χ2v) is 4.13. The first-order valence-corrected chi connectivity index (χ1v) is 6.42. The Hall–Kier alpha value is -1.50. The van der Waals surface area contributed by atoms with Crippen molar-refractivity contribution < 1.29 is 4.79 Å². The number of carbonyl (C=O) groups excluding carboxylic acids is 1. The molecule has 0 saturated carbocycles. The van der Waals surface area contributed by atoms with Gasteiger partial charge in [0.25, 0.3) is 0 Å². The molecule has 1 rings (SSSR count). The number of hydrogen-bond acceptors (Lipinski definition) is 6. The summed E-state index contributed by atoms with van der Waals surface area (Å²) in [6.45, 7) is 1.78. The van der Waals surface area contributed by atoms with Crippen LogP contribution < -0.4 is 16.0 Å². The topological polar surface area (TPSA) is 78.9 Å². The molecule has 3 N–H and O–H groups in total. The summed E-state index contributed by atoms with van der Waals surface area (Å²) < 4.78 is 0. The number of anilines is 2. The molecule has 17 heavy (non-hydrogen) atoms. The lowest BCUT2D eigenvalue weighted by molar-refractivity contribution is -0.121. The standard InChI is InChI=1S/C10H17N5OS/c1-6(9(16)12-3)13-8-5-7(11-2)14-10(15-8)17-4/h5-6H,1-4H3,(H,12,16)(H2,11,13,14,15). The van der Waals surface area contributed by atoms with E-state index in [-0.39, 0.29) is 11.9 Å². The van der Waals surface area contributed by atoms with E-state index < -0.39 is 0 Å². The average Bonchev–Trinajstić information content (AvgIpc) is 2.36. The van der Waals surface area contributed by atoms with Crippen LogP contribution in [0.3, 0.4) is 0 Å². The highest BCUT2D eigenvalue weighted by Gasteiger charge is 2.12. The van der Waals surface area contributed by atoms with Crippen molar-refractivity contribution in [3.63, 3.8) is 0 Å². The van der Waals surface area contributed by atoms with Crippen LogP contribution >= 0.6 is 11.8 Å². The second-order valence-electron chi connectivity index (χ2n) is 3.36. The molecular formula is C10H17N5OS. The molecule has 1 unspecified atom stereocenters. The van der Waals surface area contributed by atoms with Crippen LogP contribution in [0.1, 0.15) is 6.92 Å². The Balaban J connectivity index is 2.86. The first-order chi connectivity index (χ1) is 8.10. The van der Waals surface area contributed by atoms with Crippen LogP contribution in [0.15, 0.2) is 11.2 Å². The Morgan fingerprint density at radius 3 is 2.53 bits per heavy atom. The van der Waals surface area contributed by atoms with E-state index >= 15 is 0 Å². The molecule has 1 atom stereocenters. The molecule has 0 saturated heterocycles. The molecule has 94 valence electrons. The van der Waals surface area contributed by atoms with Crippen LogP contribution in [0.5, 0.6) is 0 Å². The number of nitrogens with zero attached hydrogens (tertiary/aromatic N) is 2. The lowest BCUT2D eigenvalue weighted by Crippen LogP contribution is -2.35. The van der Waals surface area contributed by atoms with Gasteiger partial charge in [-0.25, -0.2) is 9.97 Å². The zero-order valence-corrected chi connectivity index (χ0v) is 11.2. The number of likely N-dealkylation sites (N-methyl/N-ethyl adjacent to an activating group) is 1. The van der Waals surface area contributed by atoms with Gasteiger partial charge >= 0.3 is 0 Å². The molecule has 1 heterocycles. The van der Waals surface area contributed by atoms with Crippen molar-refractivity contribution >= 4 is 29.3 Å². The van der Waals surface area contributed by atoms with Crippen LogP contribution in [0.25, 0.3) is 0 Å². The summed E-state index contributed by atoms with van der Waals surface area (Å²) >= 11 is 1.45. The van der Waals surface area contributed by atoms with Crippen molar-refractivity contribution in [2.24, 2.45) is 0 Å². The molecule has 0 fully saturated rings. The van der Waals surface area contributed by atoms with Gasteiger partial charge in [0.05, 0.1) is 0 Å². The number of aromatic nitrogens is 2. The van der Waals surface area contributed by atoms with Gasteiger partial charge in [0.1, 0.15) is 17.7 Å². The van der Waals surface area contributed by atoms with Gasteiger partial charge < -0.3 is 16.0 Å². The first-order valence-electron chi connectivity index (χ1n) is 5.19. The Morgan fingerprint density at radius 1 is 1.35 bits per heavy atom. The predicted molar refractivity (Wildman–Crippen MR) is 70.5 cm³/mol. The van der Waals surface area contributed by atoms with Crippen LogP contribution in [-0.2, 0) is 4.79 Å². The summed E-state index contributed by atoms with van der Waals surface area (Å²) in [5.74, 6) is 1.26. The van der Waals surface area contributed by atoms with E-state index in [9.17, 15) is 4.79 Å². The van der Waals surface area contributed by atoms with Gasteiger partial charge in [-0.1, -0.05) is 11.8 Å². The smallest absolute Gasteiger partial charge is 0.241 e. The Morgan fingerprint density at radius 2 is 2.00 bits per heavy atom. The summed E-state index contributed by atoms with van der Waals surface area (Å²) in [4.78, 5) is 19.9. The van der Waals surface area contributed by atoms with Crippen LogP contribution in [0, 0.1) is 0 Å². The number of thioether (sulfide) groups is 1. The first kappa shape index (κ1) is 13.6. The molecule has 1 aromatic heterocycles. The van der Waals surface area contributed by atoms with Gasteiger partial charge in [-0.3, -0.25) is 4.79 Å². The number of hydrogen-bond donors (Lipinski definition) is 3. The molecule has 1 amide bonds. The van der Waals surface area contributed by atoms with E-state index in [1.165, 1.54) is 11.8 Å². The van der Waals surface area contributed by atoms with Crippen molar-refractivity contribution in [3.05, 3.63) is 6.07 Å². The summed E-state index contributed by atoms with van der Waals surface area (Å²) in [5.41, 5.74) is 0. The highest BCUT2D eigenvalue weighted by atomic mass is 32.2. The average molecular weight is 255 g/mol. The van der Waals surface area contributed by atoms with Crippen molar-refractivity contribution in [3.8, 4) is 0 Å². The van der Waals surface area contributed by atoms with E-state index in [1.807, 2.05) is 6.26 Å². The fourth-order valence-electron chi connectivity index (χ4n) is 1.22. The lowest BCUT2D eigenvalue weighted by atomic mass is 10.3. The molecule has 0 aliphatic heterocycles. The van der Waals surface area contributed by atoms with Gasteiger partial charge in [0.2, 0.25) is 5.91 Å². The van der Waals surface area contributed by atoms with E-state index in [1.54, 1.807) is 27.1 Å². The van der Waals surface area contributed by atoms with E-state index in [4.69, 9.17) is 0 Å². The van der Waals surface area contributed by atoms with Gasteiger partial charge in [-0.05, 0) is 13.2 Å². The monoisotopic (exact) mass is 255 g/mol. The molecule has 0 aliphatic rings. The van der Waals surface area contributed by atoms with Gasteiger partial charge in [-0.2, -0.15) is 0 Å². The third-order valence-corrected chi connectivity index (χ3v) is 2.70. The largest absolute Gasteiger partial charge is 0.373 e. The minimum atomic E-state index is -0.339. The minimum absolute atomic E-state index is 0.0830. The molecule has 7 heteroatoms. The molecular weight excluding hydrogens is 238 g/mol. The maximum absolute atomic E-state index is 11.4. The highest BCUT2D eigenvalue weighted by molar-refractivity contribution is 7.98. The number of rotatable bonds is 5. The van der Waals surface area contributed by atoms with Crippen LogP contribution in [0.2, 0.25) is 0 Å². The van der Waals surface area contributed by atoms with Crippen molar-refractivity contribution in [1.29, 1.82) is 0 Å². The fraction of sp³-hybridized carbons (Fsp3) is 0.500. The fourth-order valence-corrected chi connectivity index (χ4v) is 1.60. The van der Waals surface area contributed by atoms with Crippen molar-refractivity contribution in [1.82, 2.24) is 15.3 Å². The Labute approximate surface area is 105 Å². The van der Waals surface area contributed by atoms with Gasteiger partial charge in [0.15, 0.2) is 5.16 Å². The Bertz CT molecular complexity index is 376. The number of amides is 1. The predicted octanol–water partition coefficient (Wildman–Crippen LogP) is 0.787. The molecule has 0 aromatic carbocycles. The van der Waals surface area contributed by atoms with E-state index in [0.29, 0.717) is 11.0 Å².